The maximum Gasteiger partial charge on any atom is 0.319 e. The molecule has 1 rings (SSSR count). The molecular weight excluding hydrogens is 196 g/mol. The molecule has 0 spiro atoms. The molecule has 1 aliphatic heterocycles. The van der Waals surface area contributed by atoms with Gasteiger partial charge in [-0.1, -0.05) is 6.08 Å². The zero-order valence-electron chi connectivity index (χ0n) is 8.70. The lowest BCUT2D eigenvalue weighted by Gasteiger charge is -2.31. The number of carboxylic acid groups (broad SMARTS) is 1. The summed E-state index contributed by atoms with van der Waals surface area (Å²) in [6, 6.07) is 0. The standard InChI is InChI=1S/C11H16O4/c1-2-3-4-6-11(10(13)14)8-15-7-5-9(11)12/h2H,1,3-8H2,(H,13,14). The third-order valence-corrected chi connectivity index (χ3v) is 2.78. The van der Waals surface area contributed by atoms with Gasteiger partial charge in [-0.25, -0.2) is 0 Å². The summed E-state index contributed by atoms with van der Waals surface area (Å²) in [5.74, 6) is -1.26. The van der Waals surface area contributed by atoms with E-state index in [9.17, 15) is 9.59 Å². The fraction of sp³-hybridized carbons (Fsp3) is 0.636. The van der Waals surface area contributed by atoms with Gasteiger partial charge in [0.15, 0.2) is 5.78 Å². The number of carboxylic acids is 1. The Morgan fingerprint density at radius 3 is 2.93 bits per heavy atom. The lowest BCUT2D eigenvalue weighted by atomic mass is 9.77. The fourth-order valence-corrected chi connectivity index (χ4v) is 1.78. The van der Waals surface area contributed by atoms with Crippen LogP contribution in [0.4, 0.5) is 0 Å². The molecule has 0 bridgehead atoms. The predicted octanol–water partition coefficient (Wildman–Crippen LogP) is 1.40. The Balaban J connectivity index is 2.72. The van der Waals surface area contributed by atoms with Crippen molar-refractivity contribution >= 4 is 11.8 Å². The van der Waals surface area contributed by atoms with E-state index >= 15 is 0 Å². The van der Waals surface area contributed by atoms with Crippen LogP contribution in [0.3, 0.4) is 0 Å². The van der Waals surface area contributed by atoms with Crippen LogP contribution in [0.1, 0.15) is 25.7 Å². The monoisotopic (exact) mass is 212 g/mol. The first-order valence-corrected chi connectivity index (χ1v) is 5.09. The fourth-order valence-electron chi connectivity index (χ4n) is 1.78. The average Bonchev–Trinajstić information content (AvgIpc) is 2.21. The number of carbonyl (C=O) groups is 2. The topological polar surface area (TPSA) is 63.6 Å². The van der Waals surface area contributed by atoms with E-state index in [0.29, 0.717) is 19.4 Å². The van der Waals surface area contributed by atoms with Crippen molar-refractivity contribution in [2.24, 2.45) is 5.41 Å². The van der Waals surface area contributed by atoms with Crippen molar-refractivity contribution in [3.05, 3.63) is 12.7 Å². The van der Waals surface area contributed by atoms with Crippen molar-refractivity contribution in [2.75, 3.05) is 13.2 Å². The van der Waals surface area contributed by atoms with Crippen molar-refractivity contribution in [3.63, 3.8) is 0 Å². The molecule has 1 aliphatic rings. The molecule has 0 amide bonds. The number of allylic oxidation sites excluding steroid dienone is 1. The number of hydrogen-bond donors (Lipinski definition) is 1. The SMILES string of the molecule is C=CCCCC1(C(=O)O)COCCC1=O. The van der Waals surface area contributed by atoms with E-state index in [1.807, 2.05) is 0 Å². The number of rotatable bonds is 5. The third kappa shape index (κ3) is 2.45. The van der Waals surface area contributed by atoms with Crippen molar-refractivity contribution in [1.29, 1.82) is 0 Å². The zero-order chi connectivity index (χ0) is 11.3. The molecule has 15 heavy (non-hydrogen) atoms. The van der Waals surface area contributed by atoms with Crippen LogP contribution in [0.25, 0.3) is 0 Å². The molecule has 1 unspecified atom stereocenters. The van der Waals surface area contributed by atoms with Crippen LogP contribution in [0, 0.1) is 5.41 Å². The van der Waals surface area contributed by atoms with Gasteiger partial charge >= 0.3 is 5.97 Å². The normalized spacial score (nSPS) is 26.3. The average molecular weight is 212 g/mol. The molecule has 1 N–H and O–H groups in total. The quantitative estimate of drug-likeness (QED) is 0.425. The lowest BCUT2D eigenvalue weighted by Crippen LogP contribution is -2.47. The highest BCUT2D eigenvalue weighted by molar-refractivity contribution is 6.03. The molecule has 0 aromatic rings. The molecule has 0 aliphatic carbocycles. The van der Waals surface area contributed by atoms with E-state index in [1.54, 1.807) is 6.08 Å². The van der Waals surface area contributed by atoms with Crippen LogP contribution in [0.5, 0.6) is 0 Å². The molecule has 1 atom stereocenters. The van der Waals surface area contributed by atoms with Gasteiger partial charge in [0, 0.05) is 6.42 Å². The maximum absolute atomic E-state index is 11.7. The van der Waals surface area contributed by atoms with E-state index in [1.165, 1.54) is 0 Å². The van der Waals surface area contributed by atoms with Gasteiger partial charge in [0.05, 0.1) is 13.2 Å². The van der Waals surface area contributed by atoms with E-state index in [4.69, 9.17) is 9.84 Å². The number of hydrogen-bond acceptors (Lipinski definition) is 3. The summed E-state index contributed by atoms with van der Waals surface area (Å²) in [6.45, 7) is 3.92. The first kappa shape index (κ1) is 11.9. The Labute approximate surface area is 88.9 Å². The molecule has 4 heteroatoms. The van der Waals surface area contributed by atoms with Gasteiger partial charge in [-0.3, -0.25) is 9.59 Å². The van der Waals surface area contributed by atoms with Gasteiger partial charge in [-0.15, -0.1) is 6.58 Å². The Hall–Kier alpha value is -1.16. The first-order valence-electron chi connectivity index (χ1n) is 5.09. The Morgan fingerprint density at radius 2 is 2.40 bits per heavy atom. The molecule has 0 radical (unpaired) electrons. The minimum absolute atomic E-state index is 0.0122. The minimum Gasteiger partial charge on any atom is -0.480 e. The van der Waals surface area contributed by atoms with Gasteiger partial charge < -0.3 is 9.84 Å². The van der Waals surface area contributed by atoms with Crippen LogP contribution in [0.2, 0.25) is 0 Å². The molecule has 0 aromatic carbocycles. The van der Waals surface area contributed by atoms with E-state index in [2.05, 4.69) is 6.58 Å². The van der Waals surface area contributed by atoms with Crippen molar-refractivity contribution < 1.29 is 19.4 Å². The minimum atomic E-state index is -1.30. The van der Waals surface area contributed by atoms with Gasteiger partial charge in [0.25, 0.3) is 0 Å². The molecule has 1 saturated heterocycles. The predicted molar refractivity (Wildman–Crippen MR) is 54.6 cm³/mol. The smallest absolute Gasteiger partial charge is 0.319 e. The summed E-state index contributed by atoms with van der Waals surface area (Å²) < 4.78 is 5.12. The lowest BCUT2D eigenvalue weighted by molar-refractivity contribution is -0.165. The number of aliphatic carboxylic acids is 1. The molecule has 1 heterocycles. The van der Waals surface area contributed by atoms with E-state index in [-0.39, 0.29) is 18.8 Å². The van der Waals surface area contributed by atoms with Crippen LogP contribution < -0.4 is 0 Å². The second-order valence-corrected chi connectivity index (χ2v) is 3.79. The van der Waals surface area contributed by atoms with Crippen molar-refractivity contribution in [3.8, 4) is 0 Å². The second-order valence-electron chi connectivity index (χ2n) is 3.79. The summed E-state index contributed by atoms with van der Waals surface area (Å²) >= 11 is 0. The molecule has 84 valence electrons. The molecule has 4 nitrogen and oxygen atoms in total. The summed E-state index contributed by atoms with van der Waals surface area (Å²) in [4.78, 5) is 22.8. The van der Waals surface area contributed by atoms with Crippen LogP contribution in [-0.2, 0) is 14.3 Å². The van der Waals surface area contributed by atoms with Crippen LogP contribution in [0.15, 0.2) is 12.7 Å². The Morgan fingerprint density at radius 1 is 1.67 bits per heavy atom. The summed E-state index contributed by atoms with van der Waals surface area (Å²) in [5, 5.41) is 9.13. The zero-order valence-corrected chi connectivity index (χ0v) is 8.70. The van der Waals surface area contributed by atoms with E-state index in [0.717, 1.165) is 6.42 Å². The molecule has 1 fully saturated rings. The van der Waals surface area contributed by atoms with Crippen molar-refractivity contribution in [1.82, 2.24) is 0 Å². The highest BCUT2D eigenvalue weighted by Gasteiger charge is 2.47. The summed E-state index contributed by atoms with van der Waals surface area (Å²) in [7, 11) is 0. The third-order valence-electron chi connectivity index (χ3n) is 2.78. The number of Topliss-reactive ketones (excluding diaryl/α,β-unsaturated/α-hetero) is 1. The first-order chi connectivity index (χ1) is 7.13. The largest absolute Gasteiger partial charge is 0.480 e. The Kier molecular flexibility index (Phi) is 4.03. The van der Waals surface area contributed by atoms with Crippen molar-refractivity contribution in [2.45, 2.75) is 25.7 Å². The van der Waals surface area contributed by atoms with Gasteiger partial charge in [-0.05, 0) is 19.3 Å². The molecular formula is C11H16O4. The number of unbranched alkanes of at least 4 members (excludes halogenated alkanes) is 1. The van der Waals surface area contributed by atoms with Gasteiger partial charge in [0.2, 0.25) is 0 Å². The Bertz CT molecular complexity index is 272. The highest BCUT2D eigenvalue weighted by Crippen LogP contribution is 2.31. The number of carbonyl (C=O) groups excluding carboxylic acids is 1. The van der Waals surface area contributed by atoms with Gasteiger partial charge in [-0.2, -0.15) is 0 Å². The van der Waals surface area contributed by atoms with E-state index < -0.39 is 11.4 Å². The van der Waals surface area contributed by atoms with Gasteiger partial charge in [0.1, 0.15) is 5.41 Å². The summed E-state index contributed by atoms with van der Waals surface area (Å²) in [6.07, 6.45) is 3.66. The number of ketones is 1. The molecule has 0 aromatic heterocycles. The summed E-state index contributed by atoms with van der Waals surface area (Å²) in [5.41, 5.74) is -1.30. The number of ether oxygens (including phenoxy) is 1. The van der Waals surface area contributed by atoms with Crippen LogP contribution in [-0.4, -0.2) is 30.1 Å². The highest BCUT2D eigenvalue weighted by atomic mass is 16.5. The molecule has 0 saturated carbocycles. The second kappa shape index (κ2) is 5.07. The van der Waals surface area contributed by atoms with Crippen LogP contribution >= 0.6 is 0 Å². The maximum atomic E-state index is 11.7.